The molecule has 4 heteroatoms. The summed E-state index contributed by atoms with van der Waals surface area (Å²) in [6.45, 7) is 5.93. The van der Waals surface area contributed by atoms with Gasteiger partial charge in [-0.05, 0) is 39.0 Å². The van der Waals surface area contributed by atoms with E-state index in [1.165, 1.54) is 11.8 Å². The zero-order valence-corrected chi connectivity index (χ0v) is 11.5. The lowest BCUT2D eigenvalue weighted by molar-refractivity contribution is -0.145. The molecule has 1 aromatic carbocycles. The highest BCUT2D eigenvalue weighted by molar-refractivity contribution is 8.01. The fourth-order valence-electron chi connectivity index (χ4n) is 1.31. The third-order valence-electron chi connectivity index (χ3n) is 2.18. The molecule has 0 atom stereocenters. The predicted octanol–water partition coefficient (Wildman–Crippen LogP) is 3.13. The molecule has 0 bridgehead atoms. The number of carbonyl (C=O) groups excluding carboxylic acids is 1. The molecule has 0 saturated heterocycles. The van der Waals surface area contributed by atoms with Gasteiger partial charge in [-0.25, -0.2) is 0 Å². The van der Waals surface area contributed by atoms with Gasteiger partial charge >= 0.3 is 5.97 Å². The minimum Gasteiger partial charge on any atom is -0.497 e. The molecule has 0 unspecified atom stereocenters. The highest BCUT2D eigenvalue weighted by Gasteiger charge is 2.30. The van der Waals surface area contributed by atoms with Gasteiger partial charge in [0.15, 0.2) is 0 Å². The molecule has 0 aliphatic rings. The second-order valence-electron chi connectivity index (χ2n) is 4.01. The Balaban J connectivity index is 2.78. The number of esters is 1. The van der Waals surface area contributed by atoms with Gasteiger partial charge in [0.25, 0.3) is 0 Å². The van der Waals surface area contributed by atoms with Gasteiger partial charge in [0.05, 0.1) is 13.7 Å². The minimum absolute atomic E-state index is 0.201. The second-order valence-corrected chi connectivity index (χ2v) is 5.71. The summed E-state index contributed by atoms with van der Waals surface area (Å²) in [5.41, 5.74) is 0. The lowest BCUT2D eigenvalue weighted by atomic mass is 10.2. The predicted molar refractivity (Wildman–Crippen MR) is 69.6 cm³/mol. The Morgan fingerprint density at radius 3 is 2.71 bits per heavy atom. The van der Waals surface area contributed by atoms with Crippen LogP contribution in [0.3, 0.4) is 0 Å². The first-order valence-corrected chi connectivity index (χ1v) is 6.31. The number of ether oxygens (including phenoxy) is 2. The molecule has 0 N–H and O–H groups in total. The molecule has 17 heavy (non-hydrogen) atoms. The van der Waals surface area contributed by atoms with Crippen LogP contribution < -0.4 is 4.74 Å². The van der Waals surface area contributed by atoms with Crippen LogP contribution in [0.5, 0.6) is 5.75 Å². The van der Waals surface area contributed by atoms with Crippen LogP contribution in [0.1, 0.15) is 20.8 Å². The average Bonchev–Trinajstić information content (AvgIpc) is 2.29. The van der Waals surface area contributed by atoms with E-state index in [1.54, 1.807) is 7.11 Å². The van der Waals surface area contributed by atoms with Crippen molar-refractivity contribution >= 4 is 17.7 Å². The maximum atomic E-state index is 11.7. The van der Waals surface area contributed by atoms with E-state index in [2.05, 4.69) is 0 Å². The Labute approximate surface area is 106 Å². The van der Waals surface area contributed by atoms with E-state index in [0.29, 0.717) is 6.61 Å². The van der Waals surface area contributed by atoms with Crippen LogP contribution in [0.15, 0.2) is 29.2 Å². The Morgan fingerprint density at radius 2 is 2.12 bits per heavy atom. The monoisotopic (exact) mass is 254 g/mol. The van der Waals surface area contributed by atoms with Crippen molar-refractivity contribution in [2.75, 3.05) is 13.7 Å². The zero-order chi connectivity index (χ0) is 12.9. The van der Waals surface area contributed by atoms with Gasteiger partial charge in [0, 0.05) is 4.90 Å². The van der Waals surface area contributed by atoms with Crippen molar-refractivity contribution in [3.05, 3.63) is 24.3 Å². The molecule has 1 aromatic rings. The number of hydrogen-bond acceptors (Lipinski definition) is 4. The first-order chi connectivity index (χ1) is 7.99. The van der Waals surface area contributed by atoms with E-state index < -0.39 is 4.75 Å². The summed E-state index contributed by atoms with van der Waals surface area (Å²) < 4.78 is 9.60. The van der Waals surface area contributed by atoms with Crippen molar-refractivity contribution in [2.45, 2.75) is 30.4 Å². The van der Waals surface area contributed by atoms with E-state index in [4.69, 9.17) is 9.47 Å². The molecule has 0 aliphatic carbocycles. The SMILES string of the molecule is CCOC(=O)C(C)(C)Sc1cccc(OC)c1. The van der Waals surface area contributed by atoms with Crippen LogP contribution >= 0.6 is 11.8 Å². The lowest BCUT2D eigenvalue weighted by Crippen LogP contribution is -2.29. The molecule has 94 valence electrons. The van der Waals surface area contributed by atoms with E-state index in [0.717, 1.165) is 10.6 Å². The molecule has 0 aromatic heterocycles. The standard InChI is InChI=1S/C13H18O3S/c1-5-16-12(14)13(2,3)17-11-8-6-7-10(9-11)15-4/h6-9H,5H2,1-4H3. The van der Waals surface area contributed by atoms with Gasteiger partial charge in [0.1, 0.15) is 10.5 Å². The lowest BCUT2D eigenvalue weighted by Gasteiger charge is -2.21. The number of benzene rings is 1. The largest absolute Gasteiger partial charge is 0.497 e. The van der Waals surface area contributed by atoms with Crippen LogP contribution in [-0.2, 0) is 9.53 Å². The summed E-state index contributed by atoms with van der Waals surface area (Å²) in [4.78, 5) is 12.7. The maximum absolute atomic E-state index is 11.7. The normalized spacial score (nSPS) is 11.1. The summed E-state index contributed by atoms with van der Waals surface area (Å²) >= 11 is 1.47. The maximum Gasteiger partial charge on any atom is 0.321 e. The molecule has 0 saturated carbocycles. The second kappa shape index (κ2) is 5.96. The molecular formula is C13H18O3S. The number of thioether (sulfide) groups is 1. The van der Waals surface area contributed by atoms with Gasteiger partial charge in [0.2, 0.25) is 0 Å². The number of hydrogen-bond donors (Lipinski definition) is 0. The molecule has 3 nitrogen and oxygen atoms in total. The molecular weight excluding hydrogens is 236 g/mol. The Bertz CT molecular complexity index is 388. The van der Waals surface area contributed by atoms with E-state index in [1.807, 2.05) is 45.0 Å². The van der Waals surface area contributed by atoms with Crippen molar-refractivity contribution in [3.8, 4) is 5.75 Å². The topological polar surface area (TPSA) is 35.5 Å². The summed E-state index contributed by atoms with van der Waals surface area (Å²) in [7, 11) is 1.63. The summed E-state index contributed by atoms with van der Waals surface area (Å²) in [5.74, 6) is 0.586. The Morgan fingerprint density at radius 1 is 1.41 bits per heavy atom. The van der Waals surface area contributed by atoms with E-state index in [-0.39, 0.29) is 5.97 Å². The first-order valence-electron chi connectivity index (χ1n) is 5.50. The Hall–Kier alpha value is -1.16. The highest BCUT2D eigenvalue weighted by Crippen LogP contribution is 2.34. The van der Waals surface area contributed by atoms with E-state index >= 15 is 0 Å². The van der Waals surface area contributed by atoms with Crippen molar-refractivity contribution in [2.24, 2.45) is 0 Å². The van der Waals surface area contributed by atoms with Crippen LogP contribution in [0.4, 0.5) is 0 Å². The Kier molecular flexibility index (Phi) is 4.87. The van der Waals surface area contributed by atoms with Crippen LogP contribution in [0, 0.1) is 0 Å². The highest BCUT2D eigenvalue weighted by atomic mass is 32.2. The molecule has 1 rings (SSSR count). The van der Waals surface area contributed by atoms with Gasteiger partial charge in [-0.15, -0.1) is 11.8 Å². The number of carbonyl (C=O) groups is 1. The quantitative estimate of drug-likeness (QED) is 0.597. The van der Waals surface area contributed by atoms with Gasteiger partial charge in [-0.1, -0.05) is 6.07 Å². The minimum atomic E-state index is -0.595. The zero-order valence-electron chi connectivity index (χ0n) is 10.6. The van der Waals surface area contributed by atoms with Crippen molar-refractivity contribution in [3.63, 3.8) is 0 Å². The van der Waals surface area contributed by atoms with Crippen LogP contribution in [0.2, 0.25) is 0 Å². The molecule has 0 fully saturated rings. The fraction of sp³-hybridized carbons (Fsp3) is 0.462. The van der Waals surface area contributed by atoms with Crippen LogP contribution in [0.25, 0.3) is 0 Å². The smallest absolute Gasteiger partial charge is 0.321 e. The number of methoxy groups -OCH3 is 1. The molecule has 0 amide bonds. The van der Waals surface area contributed by atoms with Crippen molar-refractivity contribution in [1.82, 2.24) is 0 Å². The summed E-state index contributed by atoms with van der Waals surface area (Å²) in [6, 6.07) is 7.64. The summed E-state index contributed by atoms with van der Waals surface area (Å²) in [6.07, 6.45) is 0. The van der Waals surface area contributed by atoms with Crippen molar-refractivity contribution < 1.29 is 14.3 Å². The molecule has 0 spiro atoms. The average molecular weight is 254 g/mol. The molecule has 0 radical (unpaired) electrons. The first kappa shape index (κ1) is 13.9. The third-order valence-corrected chi connectivity index (χ3v) is 3.35. The van der Waals surface area contributed by atoms with E-state index in [9.17, 15) is 4.79 Å². The molecule has 0 aliphatic heterocycles. The fourth-order valence-corrected chi connectivity index (χ4v) is 2.36. The number of rotatable bonds is 5. The summed E-state index contributed by atoms with van der Waals surface area (Å²) in [5, 5.41) is 0. The molecule has 0 heterocycles. The van der Waals surface area contributed by atoms with Gasteiger partial charge < -0.3 is 9.47 Å². The third kappa shape index (κ3) is 3.97. The van der Waals surface area contributed by atoms with Crippen molar-refractivity contribution in [1.29, 1.82) is 0 Å². The van der Waals surface area contributed by atoms with Gasteiger partial charge in [-0.3, -0.25) is 4.79 Å². The van der Waals surface area contributed by atoms with Crippen LogP contribution in [-0.4, -0.2) is 24.4 Å². The van der Waals surface area contributed by atoms with Gasteiger partial charge in [-0.2, -0.15) is 0 Å².